The lowest BCUT2D eigenvalue weighted by molar-refractivity contribution is 0.577. The molecule has 1 aromatic carbocycles. The summed E-state index contributed by atoms with van der Waals surface area (Å²) in [6, 6.07) is 2.46. The summed E-state index contributed by atoms with van der Waals surface area (Å²) in [4.78, 5) is 0. The third kappa shape index (κ3) is 2.61. The Balaban J connectivity index is 2.17. The maximum Gasteiger partial charge on any atom is 0.149 e. The molecule has 0 spiro atoms. The van der Waals surface area contributed by atoms with E-state index in [1.54, 1.807) is 0 Å². The van der Waals surface area contributed by atoms with Crippen LogP contribution in [0, 0.1) is 11.6 Å². The molecule has 0 radical (unpaired) electrons. The molecule has 1 atom stereocenters. The van der Waals surface area contributed by atoms with Gasteiger partial charge in [0.25, 0.3) is 0 Å². The van der Waals surface area contributed by atoms with Crippen LogP contribution in [0.15, 0.2) is 28.8 Å². The highest BCUT2D eigenvalue weighted by molar-refractivity contribution is 9.10. The van der Waals surface area contributed by atoms with Crippen molar-refractivity contribution in [2.24, 2.45) is 0 Å². The summed E-state index contributed by atoms with van der Waals surface area (Å²) in [5, 5.41) is 3.06. The van der Waals surface area contributed by atoms with Gasteiger partial charge in [0.15, 0.2) is 0 Å². The SMILES string of the molecule is Fc1cc(F)c(NC2C=CCCC2)cc1Br. The second kappa shape index (κ2) is 4.95. The molecule has 0 heterocycles. The highest BCUT2D eigenvalue weighted by Crippen LogP contribution is 2.25. The lowest BCUT2D eigenvalue weighted by Gasteiger charge is -2.19. The van der Waals surface area contributed by atoms with Crippen molar-refractivity contribution in [1.82, 2.24) is 0 Å². The van der Waals surface area contributed by atoms with Gasteiger partial charge < -0.3 is 5.32 Å². The number of rotatable bonds is 2. The monoisotopic (exact) mass is 287 g/mol. The summed E-state index contributed by atoms with van der Waals surface area (Å²) in [5.41, 5.74) is 0.338. The van der Waals surface area contributed by atoms with Gasteiger partial charge in [-0.3, -0.25) is 0 Å². The van der Waals surface area contributed by atoms with E-state index in [2.05, 4.69) is 27.3 Å². The maximum absolute atomic E-state index is 13.4. The van der Waals surface area contributed by atoms with Crippen molar-refractivity contribution in [3.05, 3.63) is 40.4 Å². The molecule has 1 N–H and O–H groups in total. The van der Waals surface area contributed by atoms with Crippen molar-refractivity contribution in [3.63, 3.8) is 0 Å². The molecule has 1 aliphatic carbocycles. The molecule has 1 aliphatic rings. The topological polar surface area (TPSA) is 12.0 Å². The van der Waals surface area contributed by atoms with Gasteiger partial charge in [-0.25, -0.2) is 8.78 Å². The second-order valence-corrected chi connectivity index (χ2v) is 4.71. The number of allylic oxidation sites excluding steroid dienone is 1. The van der Waals surface area contributed by atoms with E-state index in [1.165, 1.54) is 6.07 Å². The van der Waals surface area contributed by atoms with Gasteiger partial charge in [-0.1, -0.05) is 12.2 Å². The normalized spacial score (nSPS) is 19.8. The summed E-state index contributed by atoms with van der Waals surface area (Å²) in [5.74, 6) is -1.14. The van der Waals surface area contributed by atoms with E-state index in [0.717, 1.165) is 25.3 Å². The lowest BCUT2D eigenvalue weighted by atomic mass is 10.0. The third-order valence-electron chi connectivity index (χ3n) is 2.61. The second-order valence-electron chi connectivity index (χ2n) is 3.86. The van der Waals surface area contributed by atoms with Gasteiger partial charge in [-0.2, -0.15) is 0 Å². The van der Waals surface area contributed by atoms with Gasteiger partial charge in [0, 0.05) is 12.1 Å². The molecule has 0 fully saturated rings. The highest BCUT2D eigenvalue weighted by atomic mass is 79.9. The van der Waals surface area contributed by atoms with E-state index >= 15 is 0 Å². The summed E-state index contributed by atoms with van der Waals surface area (Å²) in [7, 11) is 0. The van der Waals surface area contributed by atoms with Gasteiger partial charge in [0.05, 0.1) is 10.2 Å². The zero-order chi connectivity index (χ0) is 11.5. The van der Waals surface area contributed by atoms with Crippen LogP contribution in [0.2, 0.25) is 0 Å². The van der Waals surface area contributed by atoms with Crippen LogP contribution in [-0.2, 0) is 0 Å². The molecule has 1 nitrogen and oxygen atoms in total. The van der Waals surface area contributed by atoms with Crippen molar-refractivity contribution in [2.75, 3.05) is 5.32 Å². The van der Waals surface area contributed by atoms with Crippen LogP contribution in [0.4, 0.5) is 14.5 Å². The number of hydrogen-bond acceptors (Lipinski definition) is 1. The Morgan fingerprint density at radius 3 is 2.75 bits per heavy atom. The Bertz CT molecular complexity index is 418. The molecule has 0 amide bonds. The number of anilines is 1. The summed E-state index contributed by atoms with van der Waals surface area (Å²) in [6.45, 7) is 0. The van der Waals surface area contributed by atoms with E-state index in [9.17, 15) is 8.78 Å². The number of benzene rings is 1. The van der Waals surface area contributed by atoms with Crippen LogP contribution in [-0.4, -0.2) is 6.04 Å². The van der Waals surface area contributed by atoms with E-state index in [1.807, 2.05) is 6.08 Å². The minimum Gasteiger partial charge on any atom is -0.376 e. The van der Waals surface area contributed by atoms with E-state index < -0.39 is 11.6 Å². The predicted octanol–water partition coefficient (Wildman–Crippen LogP) is 4.25. The maximum atomic E-state index is 13.4. The summed E-state index contributed by atoms with van der Waals surface area (Å²) in [6.07, 6.45) is 7.26. The number of hydrogen-bond donors (Lipinski definition) is 1. The van der Waals surface area contributed by atoms with Crippen molar-refractivity contribution in [3.8, 4) is 0 Å². The highest BCUT2D eigenvalue weighted by Gasteiger charge is 2.12. The molecule has 1 aromatic rings. The molecule has 0 aliphatic heterocycles. The Hall–Kier alpha value is -0.900. The van der Waals surface area contributed by atoms with Crippen LogP contribution in [0.25, 0.3) is 0 Å². The molecule has 1 unspecified atom stereocenters. The smallest absolute Gasteiger partial charge is 0.149 e. The van der Waals surface area contributed by atoms with E-state index in [-0.39, 0.29) is 10.5 Å². The zero-order valence-corrected chi connectivity index (χ0v) is 10.2. The molecule has 0 aromatic heterocycles. The van der Waals surface area contributed by atoms with Crippen LogP contribution in [0.3, 0.4) is 0 Å². The average molecular weight is 288 g/mol. The standard InChI is InChI=1S/C12H12BrF2N/c13-9-6-12(11(15)7-10(9)14)16-8-4-2-1-3-5-8/h2,4,6-8,16H,1,3,5H2. The molecule has 0 bridgehead atoms. The zero-order valence-electron chi connectivity index (χ0n) is 8.64. The van der Waals surface area contributed by atoms with Gasteiger partial charge in [-0.15, -0.1) is 0 Å². The molecule has 86 valence electrons. The molecule has 16 heavy (non-hydrogen) atoms. The molecule has 2 rings (SSSR count). The Labute approximate surface area is 102 Å². The predicted molar refractivity (Wildman–Crippen MR) is 64.5 cm³/mol. The van der Waals surface area contributed by atoms with Gasteiger partial charge in [-0.05, 0) is 41.3 Å². The van der Waals surface area contributed by atoms with E-state index in [0.29, 0.717) is 5.69 Å². The minimum absolute atomic E-state index is 0.139. The van der Waals surface area contributed by atoms with Crippen LogP contribution >= 0.6 is 15.9 Å². The minimum atomic E-state index is -0.581. The van der Waals surface area contributed by atoms with Crippen molar-refractivity contribution < 1.29 is 8.78 Å². The van der Waals surface area contributed by atoms with Crippen molar-refractivity contribution in [1.29, 1.82) is 0 Å². The van der Waals surface area contributed by atoms with Crippen molar-refractivity contribution in [2.45, 2.75) is 25.3 Å². The fourth-order valence-corrected chi connectivity index (χ4v) is 2.11. The van der Waals surface area contributed by atoms with Gasteiger partial charge in [0.2, 0.25) is 0 Å². The third-order valence-corrected chi connectivity index (χ3v) is 3.21. The molecular formula is C12H12BrF2N. The Morgan fingerprint density at radius 1 is 1.25 bits per heavy atom. The van der Waals surface area contributed by atoms with Crippen molar-refractivity contribution >= 4 is 21.6 Å². The molecular weight excluding hydrogens is 276 g/mol. The number of halogens is 3. The first kappa shape index (κ1) is 11.6. The Morgan fingerprint density at radius 2 is 2.06 bits per heavy atom. The number of nitrogens with one attached hydrogen (secondary N) is 1. The molecule has 0 saturated heterocycles. The average Bonchev–Trinajstić information content (AvgIpc) is 2.27. The first-order valence-corrected chi connectivity index (χ1v) is 6.04. The van der Waals surface area contributed by atoms with E-state index in [4.69, 9.17) is 0 Å². The molecule has 0 saturated carbocycles. The van der Waals surface area contributed by atoms with Gasteiger partial charge in [0.1, 0.15) is 11.6 Å². The fraction of sp³-hybridized carbons (Fsp3) is 0.333. The van der Waals surface area contributed by atoms with Crippen LogP contribution in [0.1, 0.15) is 19.3 Å². The summed E-state index contributed by atoms with van der Waals surface area (Å²) >= 11 is 3.05. The molecule has 4 heteroatoms. The quantitative estimate of drug-likeness (QED) is 0.633. The lowest BCUT2D eigenvalue weighted by Crippen LogP contribution is -2.19. The fourth-order valence-electron chi connectivity index (χ4n) is 1.77. The summed E-state index contributed by atoms with van der Waals surface area (Å²) < 4.78 is 26.7. The van der Waals surface area contributed by atoms with Gasteiger partial charge >= 0.3 is 0 Å². The first-order chi connectivity index (χ1) is 7.66. The first-order valence-electron chi connectivity index (χ1n) is 5.24. The van der Waals surface area contributed by atoms with Crippen LogP contribution in [0.5, 0.6) is 0 Å². The Kier molecular flexibility index (Phi) is 3.59. The van der Waals surface area contributed by atoms with Crippen LogP contribution < -0.4 is 5.32 Å². The largest absolute Gasteiger partial charge is 0.376 e.